The number of hydrogen-bond acceptors (Lipinski definition) is 3. The quantitative estimate of drug-likeness (QED) is 0.627. The molecule has 0 saturated carbocycles. The Bertz CT molecular complexity index is 812. The first-order valence-corrected chi connectivity index (χ1v) is 9.11. The van der Waals surface area contributed by atoms with Gasteiger partial charge in [0.1, 0.15) is 6.04 Å². The molecule has 1 aromatic carbocycles. The summed E-state index contributed by atoms with van der Waals surface area (Å²) in [5, 5.41) is 12.6. The third-order valence-corrected chi connectivity index (χ3v) is 4.50. The minimum absolute atomic E-state index is 0.00306. The molecule has 0 aliphatic heterocycles. The summed E-state index contributed by atoms with van der Waals surface area (Å²) in [6.45, 7) is 3.88. The van der Waals surface area contributed by atoms with Gasteiger partial charge in [0.25, 0.3) is 0 Å². The molecule has 0 fully saturated rings. The maximum atomic E-state index is 12.9. The van der Waals surface area contributed by atoms with Gasteiger partial charge in [-0.15, -0.1) is 0 Å². The highest BCUT2D eigenvalue weighted by atomic mass is 16.4. The number of carbonyl (C=O) groups is 3. The molecule has 1 heterocycles. The summed E-state index contributed by atoms with van der Waals surface area (Å²) >= 11 is 0. The highest BCUT2D eigenvalue weighted by Gasteiger charge is 2.26. The number of carbonyl (C=O) groups excluding carboxylic acids is 2. The normalized spacial score (nSPS) is 12.1. The van der Waals surface area contributed by atoms with E-state index < -0.39 is 12.0 Å². The second-order valence-corrected chi connectivity index (χ2v) is 7.04. The van der Waals surface area contributed by atoms with Crippen LogP contribution in [0.25, 0.3) is 10.9 Å². The molecule has 1 unspecified atom stereocenters. The molecule has 146 valence electrons. The van der Waals surface area contributed by atoms with Crippen LogP contribution in [0.2, 0.25) is 0 Å². The number of aliphatic carboxylic acids is 1. The first-order valence-electron chi connectivity index (χ1n) is 9.11. The Kier molecular flexibility index (Phi) is 6.98. The number of nitrogens with zero attached hydrogens (tertiary/aromatic N) is 1. The summed E-state index contributed by atoms with van der Waals surface area (Å²) in [6.07, 6.45) is 2.60. The molecule has 7 heteroatoms. The van der Waals surface area contributed by atoms with E-state index in [9.17, 15) is 14.4 Å². The van der Waals surface area contributed by atoms with Crippen LogP contribution in [0.5, 0.6) is 0 Å². The van der Waals surface area contributed by atoms with E-state index in [1.54, 1.807) is 20.9 Å². The van der Waals surface area contributed by atoms with Gasteiger partial charge in [0.15, 0.2) is 0 Å². The molecule has 0 radical (unpaired) electrons. The maximum absolute atomic E-state index is 12.9. The van der Waals surface area contributed by atoms with Crippen molar-refractivity contribution in [2.45, 2.75) is 39.2 Å². The van der Waals surface area contributed by atoms with Gasteiger partial charge in [-0.05, 0) is 18.1 Å². The van der Waals surface area contributed by atoms with Crippen molar-refractivity contribution in [1.82, 2.24) is 15.2 Å². The van der Waals surface area contributed by atoms with E-state index in [-0.39, 0.29) is 24.2 Å². The summed E-state index contributed by atoms with van der Waals surface area (Å²) in [5.41, 5.74) is 1.93. The maximum Gasteiger partial charge on any atom is 0.303 e. The zero-order chi connectivity index (χ0) is 20.0. The number of nitrogens with one attached hydrogen (secondary N) is 2. The van der Waals surface area contributed by atoms with Crippen LogP contribution >= 0.6 is 0 Å². The second kappa shape index (κ2) is 9.21. The second-order valence-electron chi connectivity index (χ2n) is 7.04. The lowest BCUT2D eigenvalue weighted by Gasteiger charge is -2.25. The number of para-hydroxylation sites is 1. The molecule has 3 N–H and O–H groups in total. The molecular formula is C20H27N3O4. The van der Waals surface area contributed by atoms with Gasteiger partial charge in [-0.1, -0.05) is 32.0 Å². The Morgan fingerprint density at radius 3 is 2.59 bits per heavy atom. The predicted octanol–water partition coefficient (Wildman–Crippen LogP) is 2.17. The van der Waals surface area contributed by atoms with Crippen LogP contribution in [0.3, 0.4) is 0 Å². The number of benzene rings is 1. The van der Waals surface area contributed by atoms with Gasteiger partial charge in [-0.25, -0.2) is 0 Å². The van der Waals surface area contributed by atoms with Crippen molar-refractivity contribution >= 4 is 28.7 Å². The van der Waals surface area contributed by atoms with Crippen LogP contribution in [-0.2, 0) is 20.8 Å². The van der Waals surface area contributed by atoms with Crippen molar-refractivity contribution in [3.05, 3.63) is 36.0 Å². The number of carboxylic acids is 1. The molecule has 0 spiro atoms. The number of fused-ring (bicyclic) bond motifs is 1. The smallest absolute Gasteiger partial charge is 0.303 e. The van der Waals surface area contributed by atoms with Crippen molar-refractivity contribution < 1.29 is 19.5 Å². The lowest BCUT2D eigenvalue weighted by molar-refractivity contribution is -0.138. The molecule has 7 nitrogen and oxygen atoms in total. The summed E-state index contributed by atoms with van der Waals surface area (Å²) in [5.74, 6) is -1.54. The zero-order valence-electron chi connectivity index (χ0n) is 16.0. The molecule has 0 aliphatic rings. The number of aromatic amines is 1. The summed E-state index contributed by atoms with van der Waals surface area (Å²) in [7, 11) is 1.63. The topological polar surface area (TPSA) is 103 Å². The highest BCUT2D eigenvalue weighted by molar-refractivity contribution is 5.90. The third kappa shape index (κ3) is 5.57. The van der Waals surface area contributed by atoms with Crippen LogP contribution in [0, 0.1) is 5.92 Å². The molecule has 1 aromatic heterocycles. The van der Waals surface area contributed by atoms with Crippen molar-refractivity contribution in [3.8, 4) is 0 Å². The van der Waals surface area contributed by atoms with E-state index in [0.29, 0.717) is 19.4 Å². The Hall–Kier alpha value is -2.83. The van der Waals surface area contributed by atoms with Gasteiger partial charge in [0, 0.05) is 49.5 Å². The average Bonchev–Trinajstić information content (AvgIpc) is 3.03. The summed E-state index contributed by atoms with van der Waals surface area (Å²) < 4.78 is 0. The van der Waals surface area contributed by atoms with Gasteiger partial charge in [-0.3, -0.25) is 14.4 Å². The lowest BCUT2D eigenvalue weighted by atomic mass is 10.0. The number of carboxylic acid groups (broad SMARTS) is 1. The van der Waals surface area contributed by atoms with Gasteiger partial charge < -0.3 is 20.3 Å². The molecular weight excluding hydrogens is 346 g/mol. The monoisotopic (exact) mass is 373 g/mol. The first kappa shape index (κ1) is 20.5. The third-order valence-electron chi connectivity index (χ3n) is 4.50. The standard InChI is InChI=1S/C20H27N3O4/c1-13(2)19(26)22-17(20(27)23(3)10-6-9-18(24)25)11-14-12-21-16-8-5-4-7-15(14)16/h4-5,7-8,12-13,17,21H,6,9-11H2,1-3H3,(H,22,26)(H,24,25). The molecule has 1 atom stereocenters. The van der Waals surface area contributed by atoms with Crippen LogP contribution in [0.15, 0.2) is 30.5 Å². The van der Waals surface area contributed by atoms with E-state index in [4.69, 9.17) is 5.11 Å². The fourth-order valence-electron chi connectivity index (χ4n) is 2.90. The van der Waals surface area contributed by atoms with Crippen molar-refractivity contribution in [2.75, 3.05) is 13.6 Å². The average molecular weight is 373 g/mol. The summed E-state index contributed by atoms with van der Waals surface area (Å²) in [6, 6.07) is 7.10. The Labute approximate surface area is 158 Å². The Morgan fingerprint density at radius 1 is 1.22 bits per heavy atom. The molecule has 2 amide bonds. The van der Waals surface area contributed by atoms with E-state index in [1.807, 2.05) is 30.5 Å². The van der Waals surface area contributed by atoms with E-state index in [2.05, 4.69) is 10.3 Å². The molecule has 2 rings (SSSR count). The summed E-state index contributed by atoms with van der Waals surface area (Å²) in [4.78, 5) is 40.4. The molecule has 27 heavy (non-hydrogen) atoms. The van der Waals surface area contributed by atoms with Gasteiger partial charge in [0.05, 0.1) is 0 Å². The number of rotatable bonds is 9. The molecule has 2 aromatic rings. The minimum Gasteiger partial charge on any atom is -0.481 e. The van der Waals surface area contributed by atoms with Crippen LogP contribution in [-0.4, -0.2) is 52.4 Å². The van der Waals surface area contributed by atoms with Crippen LogP contribution in [0.4, 0.5) is 0 Å². The zero-order valence-corrected chi connectivity index (χ0v) is 16.0. The SMILES string of the molecule is CC(C)C(=O)NC(Cc1c[nH]c2ccccc12)C(=O)N(C)CCCC(=O)O. The van der Waals surface area contributed by atoms with Crippen molar-refractivity contribution in [2.24, 2.45) is 5.92 Å². The van der Waals surface area contributed by atoms with Gasteiger partial charge in [0.2, 0.25) is 11.8 Å². The Morgan fingerprint density at radius 2 is 1.93 bits per heavy atom. The predicted molar refractivity (Wildman–Crippen MR) is 103 cm³/mol. The number of hydrogen-bond donors (Lipinski definition) is 3. The van der Waals surface area contributed by atoms with Gasteiger partial charge in [-0.2, -0.15) is 0 Å². The van der Waals surface area contributed by atoms with Crippen LogP contribution < -0.4 is 5.32 Å². The minimum atomic E-state index is -0.890. The molecule has 0 saturated heterocycles. The number of aromatic nitrogens is 1. The highest BCUT2D eigenvalue weighted by Crippen LogP contribution is 2.19. The fourth-order valence-corrected chi connectivity index (χ4v) is 2.90. The van der Waals surface area contributed by atoms with Crippen molar-refractivity contribution in [3.63, 3.8) is 0 Å². The number of likely N-dealkylation sites (N-methyl/N-ethyl adjacent to an activating group) is 1. The lowest BCUT2D eigenvalue weighted by Crippen LogP contribution is -2.49. The van der Waals surface area contributed by atoms with E-state index >= 15 is 0 Å². The van der Waals surface area contributed by atoms with Crippen molar-refractivity contribution in [1.29, 1.82) is 0 Å². The van der Waals surface area contributed by atoms with E-state index in [1.165, 1.54) is 4.90 Å². The van der Waals surface area contributed by atoms with E-state index in [0.717, 1.165) is 16.5 Å². The largest absolute Gasteiger partial charge is 0.481 e. The van der Waals surface area contributed by atoms with Crippen LogP contribution in [0.1, 0.15) is 32.3 Å². The first-order chi connectivity index (χ1) is 12.8. The number of H-pyrrole nitrogens is 1. The molecule has 0 bridgehead atoms. The van der Waals surface area contributed by atoms with Gasteiger partial charge >= 0.3 is 5.97 Å². The number of amides is 2. The fraction of sp³-hybridized carbons (Fsp3) is 0.450. The Balaban J connectivity index is 2.16. The molecule has 0 aliphatic carbocycles.